The molecule has 0 unspecified atom stereocenters. The number of fused-ring (bicyclic) bond motifs is 1. The van der Waals surface area contributed by atoms with Gasteiger partial charge in [-0.25, -0.2) is 14.3 Å². The Labute approximate surface area is 95.7 Å². The summed E-state index contributed by atoms with van der Waals surface area (Å²) >= 11 is 4.59. The minimum absolute atomic E-state index is 0.153. The molecule has 90 valence electrons. The number of rotatable bonds is 1. The summed E-state index contributed by atoms with van der Waals surface area (Å²) in [5.74, 6) is -1.99. The minimum atomic E-state index is -4.75. The minimum Gasteiger partial charge on any atom is -0.477 e. The number of nitrogens with one attached hydrogen (secondary N) is 1. The SMILES string of the molecule is O=C(O)c1cc(C(F)(F)F)nc2nc(=S)[nH]n12. The molecular formula is C7H3F3N4O2S. The fourth-order valence-corrected chi connectivity index (χ4v) is 1.36. The smallest absolute Gasteiger partial charge is 0.433 e. The number of carboxylic acids is 1. The van der Waals surface area contributed by atoms with E-state index in [9.17, 15) is 18.0 Å². The number of aromatic amines is 1. The van der Waals surface area contributed by atoms with Crippen LogP contribution in [0.3, 0.4) is 0 Å². The summed E-state index contributed by atoms with van der Waals surface area (Å²) in [5.41, 5.74) is -1.98. The van der Waals surface area contributed by atoms with Crippen LogP contribution in [0.25, 0.3) is 5.78 Å². The highest BCUT2D eigenvalue weighted by Crippen LogP contribution is 2.28. The van der Waals surface area contributed by atoms with Crippen LogP contribution in [0.1, 0.15) is 16.2 Å². The van der Waals surface area contributed by atoms with Gasteiger partial charge in [-0.3, -0.25) is 5.10 Å². The monoisotopic (exact) mass is 264 g/mol. The van der Waals surface area contributed by atoms with Crippen LogP contribution in [-0.4, -0.2) is 30.7 Å². The second-order valence-corrected chi connectivity index (χ2v) is 3.38. The van der Waals surface area contributed by atoms with Gasteiger partial charge in [-0.15, -0.1) is 0 Å². The van der Waals surface area contributed by atoms with Gasteiger partial charge in [0.2, 0.25) is 4.77 Å². The van der Waals surface area contributed by atoms with Gasteiger partial charge >= 0.3 is 12.1 Å². The standard InChI is InChI=1S/C7H3F3N4O2S/c8-7(9,10)3-1-2(4(15)16)14-5(11-3)12-6(17)13-14/h1H,(H,13,17)(H,15,16). The number of H-pyrrole nitrogens is 1. The van der Waals surface area contributed by atoms with Crippen molar-refractivity contribution in [2.75, 3.05) is 0 Å². The molecule has 0 atom stereocenters. The zero-order chi connectivity index (χ0) is 12.8. The molecule has 17 heavy (non-hydrogen) atoms. The summed E-state index contributed by atoms with van der Waals surface area (Å²) in [7, 11) is 0. The first-order valence-corrected chi connectivity index (χ1v) is 4.50. The maximum atomic E-state index is 12.4. The van der Waals surface area contributed by atoms with Crippen LogP contribution in [0.5, 0.6) is 0 Å². The molecule has 0 fully saturated rings. The number of nitrogens with zero attached hydrogens (tertiary/aromatic N) is 3. The summed E-state index contributed by atoms with van der Waals surface area (Å²) in [6.45, 7) is 0. The van der Waals surface area contributed by atoms with E-state index in [1.54, 1.807) is 0 Å². The molecule has 0 saturated carbocycles. The molecule has 2 N–H and O–H groups in total. The molecule has 2 rings (SSSR count). The number of hydrogen-bond acceptors (Lipinski definition) is 4. The summed E-state index contributed by atoms with van der Waals surface area (Å²) in [6.07, 6.45) is -4.75. The molecular weight excluding hydrogens is 261 g/mol. The molecule has 0 saturated heterocycles. The Morgan fingerprint density at radius 2 is 2.12 bits per heavy atom. The van der Waals surface area contributed by atoms with Gasteiger partial charge in [0, 0.05) is 6.07 Å². The Morgan fingerprint density at radius 1 is 1.47 bits per heavy atom. The second-order valence-electron chi connectivity index (χ2n) is 2.99. The van der Waals surface area contributed by atoms with Crippen LogP contribution in [0.4, 0.5) is 13.2 Å². The predicted molar refractivity (Wildman–Crippen MR) is 50.1 cm³/mol. The van der Waals surface area contributed by atoms with E-state index in [1.807, 2.05) is 0 Å². The Bertz CT molecular complexity index is 659. The van der Waals surface area contributed by atoms with E-state index in [-0.39, 0.29) is 4.77 Å². The second kappa shape index (κ2) is 3.52. The van der Waals surface area contributed by atoms with Crippen molar-refractivity contribution in [2.24, 2.45) is 0 Å². The van der Waals surface area contributed by atoms with Gasteiger partial charge in [0.15, 0.2) is 11.4 Å². The third-order valence-electron chi connectivity index (χ3n) is 1.85. The van der Waals surface area contributed by atoms with Crippen LogP contribution < -0.4 is 0 Å². The summed E-state index contributed by atoms with van der Waals surface area (Å²) in [5, 5.41) is 11.1. The first-order valence-electron chi connectivity index (χ1n) is 4.09. The normalized spacial score (nSPS) is 11.9. The van der Waals surface area contributed by atoms with Crippen molar-refractivity contribution < 1.29 is 23.1 Å². The largest absolute Gasteiger partial charge is 0.477 e. The number of carboxylic acid groups (broad SMARTS) is 1. The molecule has 0 aliphatic rings. The maximum Gasteiger partial charge on any atom is 0.433 e. The lowest BCUT2D eigenvalue weighted by Crippen LogP contribution is -2.15. The molecule has 2 aromatic heterocycles. The highest BCUT2D eigenvalue weighted by Gasteiger charge is 2.34. The predicted octanol–water partition coefficient (Wildman–Crippen LogP) is 1.50. The molecule has 0 aromatic carbocycles. The number of aromatic nitrogens is 4. The van der Waals surface area contributed by atoms with Crippen LogP contribution >= 0.6 is 12.2 Å². The van der Waals surface area contributed by atoms with Crippen molar-refractivity contribution in [2.45, 2.75) is 6.18 Å². The number of alkyl halides is 3. The van der Waals surface area contributed by atoms with Gasteiger partial charge in [0.05, 0.1) is 0 Å². The molecule has 2 aromatic rings. The van der Waals surface area contributed by atoms with Crippen molar-refractivity contribution in [3.8, 4) is 0 Å². The molecule has 0 spiro atoms. The van der Waals surface area contributed by atoms with Gasteiger partial charge < -0.3 is 5.11 Å². The van der Waals surface area contributed by atoms with Gasteiger partial charge in [-0.05, 0) is 12.2 Å². The Morgan fingerprint density at radius 3 is 2.65 bits per heavy atom. The average molecular weight is 264 g/mol. The molecule has 10 heteroatoms. The van der Waals surface area contributed by atoms with E-state index in [4.69, 9.17) is 5.11 Å². The number of hydrogen-bond donors (Lipinski definition) is 2. The Kier molecular flexibility index (Phi) is 2.38. The van der Waals surface area contributed by atoms with Gasteiger partial charge in [-0.2, -0.15) is 18.2 Å². The van der Waals surface area contributed by atoms with E-state index in [0.29, 0.717) is 6.07 Å². The Balaban J connectivity index is 2.85. The topological polar surface area (TPSA) is 83.3 Å². The molecule has 0 radical (unpaired) electrons. The van der Waals surface area contributed by atoms with Gasteiger partial charge in [0.1, 0.15) is 0 Å². The zero-order valence-electron chi connectivity index (χ0n) is 7.82. The van der Waals surface area contributed by atoms with Crippen molar-refractivity contribution >= 4 is 24.0 Å². The fourth-order valence-electron chi connectivity index (χ4n) is 1.19. The highest BCUT2D eigenvalue weighted by molar-refractivity contribution is 7.71. The first kappa shape index (κ1) is 11.5. The molecule has 2 heterocycles. The Hall–Kier alpha value is -1.97. The molecule has 6 nitrogen and oxygen atoms in total. The van der Waals surface area contributed by atoms with E-state index >= 15 is 0 Å². The molecule has 0 aliphatic heterocycles. The van der Waals surface area contributed by atoms with E-state index in [2.05, 4.69) is 27.3 Å². The molecule has 0 aliphatic carbocycles. The van der Waals surface area contributed by atoms with E-state index in [1.165, 1.54) is 0 Å². The molecule has 0 bridgehead atoms. The maximum absolute atomic E-state index is 12.4. The van der Waals surface area contributed by atoms with Crippen LogP contribution in [0.15, 0.2) is 6.07 Å². The summed E-state index contributed by atoms with van der Waals surface area (Å²) in [6, 6.07) is 0.405. The van der Waals surface area contributed by atoms with Crippen LogP contribution in [0.2, 0.25) is 0 Å². The zero-order valence-corrected chi connectivity index (χ0v) is 8.63. The third-order valence-corrected chi connectivity index (χ3v) is 2.04. The van der Waals surface area contributed by atoms with Gasteiger partial charge in [-0.1, -0.05) is 0 Å². The average Bonchev–Trinajstić information content (AvgIpc) is 2.54. The fraction of sp³-hybridized carbons (Fsp3) is 0.143. The van der Waals surface area contributed by atoms with E-state index < -0.39 is 29.3 Å². The summed E-state index contributed by atoms with van der Waals surface area (Å²) in [4.78, 5) is 17.5. The number of halogens is 3. The lowest BCUT2D eigenvalue weighted by atomic mass is 10.3. The lowest BCUT2D eigenvalue weighted by molar-refractivity contribution is -0.141. The highest BCUT2D eigenvalue weighted by atomic mass is 32.1. The number of aromatic carboxylic acids is 1. The van der Waals surface area contributed by atoms with Crippen molar-refractivity contribution in [1.82, 2.24) is 19.6 Å². The quantitative estimate of drug-likeness (QED) is 0.763. The van der Waals surface area contributed by atoms with Crippen molar-refractivity contribution in [3.63, 3.8) is 0 Å². The van der Waals surface area contributed by atoms with Crippen molar-refractivity contribution in [1.29, 1.82) is 0 Å². The number of carbonyl (C=O) groups is 1. The third kappa shape index (κ3) is 1.98. The molecule has 0 amide bonds. The van der Waals surface area contributed by atoms with Crippen molar-refractivity contribution in [3.05, 3.63) is 22.2 Å². The van der Waals surface area contributed by atoms with Gasteiger partial charge in [0.25, 0.3) is 5.78 Å². The van der Waals surface area contributed by atoms with E-state index in [0.717, 1.165) is 4.52 Å². The van der Waals surface area contributed by atoms with Crippen LogP contribution in [0, 0.1) is 4.77 Å². The summed E-state index contributed by atoms with van der Waals surface area (Å²) < 4.78 is 37.9. The van der Waals surface area contributed by atoms with Crippen LogP contribution in [-0.2, 0) is 6.18 Å². The lowest BCUT2D eigenvalue weighted by Gasteiger charge is -2.07. The first-order chi connectivity index (χ1) is 7.79.